The number of hydrogen-bond acceptors (Lipinski definition) is 3. The molecule has 0 spiro atoms. The van der Waals surface area contributed by atoms with Gasteiger partial charge in [-0.15, -0.1) is 0 Å². The van der Waals surface area contributed by atoms with Crippen molar-refractivity contribution >= 4 is 16.8 Å². The van der Waals surface area contributed by atoms with E-state index in [0.717, 1.165) is 52.8 Å². The van der Waals surface area contributed by atoms with Gasteiger partial charge in [-0.1, -0.05) is 25.1 Å². The number of para-hydroxylation sites is 1. The van der Waals surface area contributed by atoms with Gasteiger partial charge in [0.15, 0.2) is 0 Å². The third kappa shape index (κ3) is 3.07. The lowest BCUT2D eigenvalue weighted by Gasteiger charge is -2.31. The molecule has 3 heterocycles. The number of benzene rings is 1. The highest BCUT2D eigenvalue weighted by Crippen LogP contribution is 2.28. The Bertz CT molecular complexity index is 952. The largest absolute Gasteiger partial charge is 0.338 e. The average Bonchev–Trinajstić information content (AvgIpc) is 2.68. The van der Waals surface area contributed by atoms with Crippen LogP contribution in [0.4, 0.5) is 0 Å². The van der Waals surface area contributed by atoms with E-state index < -0.39 is 0 Å². The van der Waals surface area contributed by atoms with Crippen molar-refractivity contribution in [3.05, 3.63) is 59.9 Å². The number of piperidine rings is 1. The summed E-state index contributed by atoms with van der Waals surface area (Å²) < 4.78 is 0. The summed E-state index contributed by atoms with van der Waals surface area (Å²) in [4.78, 5) is 24.4. The fraction of sp³-hybridized carbons (Fsp3) is 0.318. The SMILES string of the molecule is Cc1cccc2c(C(=O)N3CCCC(C)C3)cc(-c3cccnc3)nc12. The highest BCUT2D eigenvalue weighted by molar-refractivity contribution is 6.07. The van der Waals surface area contributed by atoms with Crippen molar-refractivity contribution in [2.75, 3.05) is 13.1 Å². The van der Waals surface area contributed by atoms with Crippen molar-refractivity contribution < 1.29 is 4.79 Å². The molecule has 1 atom stereocenters. The standard InChI is InChI=1S/C22H23N3O/c1-15-6-5-11-25(14-15)22(26)19-12-20(17-8-4-10-23-13-17)24-21-16(2)7-3-9-18(19)21/h3-4,7-10,12-13,15H,5-6,11,14H2,1-2H3. The number of fused-ring (bicyclic) bond motifs is 1. The molecule has 1 amide bonds. The molecule has 2 aromatic heterocycles. The molecular formula is C22H23N3O. The molecule has 3 aromatic rings. The first-order chi connectivity index (χ1) is 12.6. The molecule has 4 rings (SSSR count). The Balaban J connectivity index is 1.87. The van der Waals surface area contributed by atoms with Crippen LogP contribution in [0.1, 0.15) is 35.7 Å². The maximum atomic E-state index is 13.3. The third-order valence-corrected chi connectivity index (χ3v) is 5.17. The quantitative estimate of drug-likeness (QED) is 0.688. The van der Waals surface area contributed by atoms with Crippen LogP contribution in [0.15, 0.2) is 48.8 Å². The summed E-state index contributed by atoms with van der Waals surface area (Å²) in [6.07, 6.45) is 5.81. The van der Waals surface area contributed by atoms with E-state index in [0.29, 0.717) is 5.92 Å². The van der Waals surface area contributed by atoms with Gasteiger partial charge < -0.3 is 4.90 Å². The lowest BCUT2D eigenvalue weighted by Crippen LogP contribution is -2.39. The van der Waals surface area contributed by atoms with E-state index in [2.05, 4.69) is 11.9 Å². The zero-order valence-electron chi connectivity index (χ0n) is 15.3. The number of rotatable bonds is 2. The highest BCUT2D eigenvalue weighted by atomic mass is 16.2. The van der Waals surface area contributed by atoms with Crippen molar-refractivity contribution in [1.82, 2.24) is 14.9 Å². The molecule has 1 aliphatic rings. The summed E-state index contributed by atoms with van der Waals surface area (Å²) in [5.41, 5.74) is 4.44. The minimum absolute atomic E-state index is 0.111. The zero-order chi connectivity index (χ0) is 18.1. The zero-order valence-corrected chi connectivity index (χ0v) is 15.3. The summed E-state index contributed by atoms with van der Waals surface area (Å²) in [6.45, 7) is 5.92. The van der Waals surface area contributed by atoms with Crippen LogP contribution in [0.3, 0.4) is 0 Å². The molecule has 0 N–H and O–H groups in total. The van der Waals surface area contributed by atoms with Crippen LogP contribution in [0.5, 0.6) is 0 Å². The monoisotopic (exact) mass is 345 g/mol. The van der Waals surface area contributed by atoms with E-state index in [-0.39, 0.29) is 5.91 Å². The van der Waals surface area contributed by atoms with Crippen molar-refractivity contribution in [1.29, 1.82) is 0 Å². The maximum absolute atomic E-state index is 13.3. The first-order valence-electron chi connectivity index (χ1n) is 9.23. The molecule has 0 aliphatic carbocycles. The fourth-order valence-corrected chi connectivity index (χ4v) is 3.78. The van der Waals surface area contributed by atoms with Gasteiger partial charge in [-0.05, 0) is 49.4 Å². The first kappa shape index (κ1) is 16.7. The number of amides is 1. The summed E-state index contributed by atoms with van der Waals surface area (Å²) in [6, 6.07) is 11.9. The van der Waals surface area contributed by atoms with Gasteiger partial charge in [0.1, 0.15) is 0 Å². The molecule has 0 saturated carbocycles. The summed E-state index contributed by atoms with van der Waals surface area (Å²) in [7, 11) is 0. The number of pyridine rings is 2. The maximum Gasteiger partial charge on any atom is 0.254 e. The van der Waals surface area contributed by atoms with Crippen molar-refractivity contribution in [2.45, 2.75) is 26.7 Å². The van der Waals surface area contributed by atoms with Crippen LogP contribution < -0.4 is 0 Å². The fourth-order valence-electron chi connectivity index (χ4n) is 3.78. The number of likely N-dealkylation sites (tertiary alicyclic amines) is 1. The van der Waals surface area contributed by atoms with Gasteiger partial charge >= 0.3 is 0 Å². The first-order valence-corrected chi connectivity index (χ1v) is 9.23. The Kier molecular flexibility index (Phi) is 4.41. The lowest BCUT2D eigenvalue weighted by atomic mass is 9.97. The molecule has 26 heavy (non-hydrogen) atoms. The highest BCUT2D eigenvalue weighted by Gasteiger charge is 2.24. The van der Waals surface area contributed by atoms with E-state index in [9.17, 15) is 4.79 Å². The van der Waals surface area contributed by atoms with E-state index in [1.54, 1.807) is 12.4 Å². The molecule has 0 bridgehead atoms. The molecule has 1 aromatic carbocycles. The summed E-state index contributed by atoms with van der Waals surface area (Å²) in [5.74, 6) is 0.667. The number of hydrogen-bond donors (Lipinski definition) is 0. The van der Waals surface area contributed by atoms with E-state index in [1.807, 2.05) is 48.2 Å². The van der Waals surface area contributed by atoms with Crippen LogP contribution in [0.25, 0.3) is 22.2 Å². The third-order valence-electron chi connectivity index (χ3n) is 5.17. The van der Waals surface area contributed by atoms with E-state index >= 15 is 0 Å². The average molecular weight is 345 g/mol. The topological polar surface area (TPSA) is 46.1 Å². The van der Waals surface area contributed by atoms with Gasteiger partial charge in [-0.3, -0.25) is 9.78 Å². The summed E-state index contributed by atoms with van der Waals surface area (Å²) >= 11 is 0. The second-order valence-electron chi connectivity index (χ2n) is 7.27. The second-order valence-corrected chi connectivity index (χ2v) is 7.27. The number of carbonyl (C=O) groups excluding carboxylic acids is 1. The molecule has 4 nitrogen and oxygen atoms in total. The van der Waals surface area contributed by atoms with E-state index in [1.165, 1.54) is 6.42 Å². The molecule has 1 fully saturated rings. The predicted octanol–water partition coefficient (Wildman–Crippen LogP) is 4.48. The van der Waals surface area contributed by atoms with Crippen molar-refractivity contribution in [3.63, 3.8) is 0 Å². The Hall–Kier alpha value is -2.75. The number of nitrogens with zero attached hydrogens (tertiary/aromatic N) is 3. The molecule has 0 radical (unpaired) electrons. The Morgan fingerprint density at radius 3 is 2.88 bits per heavy atom. The molecule has 132 valence electrons. The van der Waals surface area contributed by atoms with Crippen LogP contribution >= 0.6 is 0 Å². The molecule has 1 aliphatic heterocycles. The predicted molar refractivity (Wildman–Crippen MR) is 104 cm³/mol. The van der Waals surface area contributed by atoms with Gasteiger partial charge in [0.25, 0.3) is 5.91 Å². The van der Waals surface area contributed by atoms with Crippen LogP contribution in [-0.4, -0.2) is 33.9 Å². The van der Waals surface area contributed by atoms with Crippen LogP contribution in [-0.2, 0) is 0 Å². The van der Waals surface area contributed by atoms with Gasteiger partial charge in [-0.25, -0.2) is 4.98 Å². The minimum atomic E-state index is 0.111. The number of aryl methyl sites for hydroxylation is 1. The van der Waals surface area contributed by atoms with Gasteiger partial charge in [0.05, 0.1) is 16.8 Å². The lowest BCUT2D eigenvalue weighted by molar-refractivity contribution is 0.0685. The van der Waals surface area contributed by atoms with Crippen molar-refractivity contribution in [2.24, 2.45) is 5.92 Å². The molecule has 1 saturated heterocycles. The molecule has 4 heteroatoms. The van der Waals surface area contributed by atoms with Gasteiger partial charge in [-0.2, -0.15) is 0 Å². The number of carbonyl (C=O) groups is 1. The minimum Gasteiger partial charge on any atom is -0.338 e. The summed E-state index contributed by atoms with van der Waals surface area (Å²) in [5, 5.41) is 0.931. The Morgan fingerprint density at radius 1 is 1.23 bits per heavy atom. The van der Waals surface area contributed by atoms with E-state index in [4.69, 9.17) is 4.98 Å². The molecular weight excluding hydrogens is 322 g/mol. The smallest absolute Gasteiger partial charge is 0.254 e. The Labute approximate surface area is 153 Å². The van der Waals surface area contributed by atoms with Gasteiger partial charge in [0.2, 0.25) is 0 Å². The normalized spacial score (nSPS) is 17.5. The van der Waals surface area contributed by atoms with Crippen molar-refractivity contribution in [3.8, 4) is 11.3 Å². The van der Waals surface area contributed by atoms with Crippen LogP contribution in [0, 0.1) is 12.8 Å². The van der Waals surface area contributed by atoms with Gasteiger partial charge in [0, 0.05) is 36.4 Å². The van der Waals surface area contributed by atoms with Crippen LogP contribution in [0.2, 0.25) is 0 Å². The second kappa shape index (κ2) is 6.87. The number of aromatic nitrogens is 2. The molecule has 1 unspecified atom stereocenters. The Morgan fingerprint density at radius 2 is 2.12 bits per heavy atom.